The number of nitrogens with one attached hydrogen (secondary N) is 1. The van der Waals surface area contributed by atoms with Crippen molar-refractivity contribution in [2.24, 2.45) is 5.92 Å². The van der Waals surface area contributed by atoms with Gasteiger partial charge < -0.3 is 15.5 Å². The van der Waals surface area contributed by atoms with Crippen LogP contribution in [0.2, 0.25) is 5.02 Å². The Bertz CT molecular complexity index is 1510. The summed E-state index contributed by atoms with van der Waals surface area (Å²) in [6, 6.07) is 7.07. The molecule has 1 unspecified atom stereocenters. The molecule has 0 saturated heterocycles. The molecule has 1 amide bonds. The average molecular weight is 514 g/mol. The van der Waals surface area contributed by atoms with Crippen LogP contribution < -0.4 is 11.1 Å². The fourth-order valence-corrected chi connectivity index (χ4v) is 5.18. The lowest BCUT2D eigenvalue weighted by atomic mass is 9.72. The summed E-state index contributed by atoms with van der Waals surface area (Å²) in [5.41, 5.74) is 7.38. The van der Waals surface area contributed by atoms with Crippen LogP contribution in [0.5, 0.6) is 0 Å². The largest absolute Gasteiger partial charge is 0.389 e. The molecule has 4 heterocycles. The highest BCUT2D eigenvalue weighted by Crippen LogP contribution is 2.57. The second kappa shape index (κ2) is 7.89. The highest BCUT2D eigenvalue weighted by atomic mass is 35.5. The van der Waals surface area contributed by atoms with Gasteiger partial charge >= 0.3 is 6.18 Å². The number of hydrogen-bond donors (Lipinski definition) is 2. The molecule has 184 valence electrons. The van der Waals surface area contributed by atoms with Crippen molar-refractivity contribution in [2.75, 3.05) is 11.1 Å². The highest BCUT2D eigenvalue weighted by Gasteiger charge is 2.59. The van der Waals surface area contributed by atoms with Crippen LogP contribution in [0, 0.1) is 5.92 Å². The van der Waals surface area contributed by atoms with Crippen LogP contribution in [0.4, 0.5) is 24.8 Å². The molecule has 1 saturated carbocycles. The van der Waals surface area contributed by atoms with E-state index in [2.05, 4.69) is 25.3 Å². The van der Waals surface area contributed by atoms with Crippen molar-refractivity contribution in [3.05, 3.63) is 64.7 Å². The molecule has 8 nitrogen and oxygen atoms in total. The molecule has 4 aromatic rings. The Morgan fingerprint density at radius 2 is 1.92 bits per heavy atom. The van der Waals surface area contributed by atoms with Gasteiger partial charge in [0.25, 0.3) is 0 Å². The Labute approximate surface area is 207 Å². The van der Waals surface area contributed by atoms with E-state index < -0.39 is 18.0 Å². The fourth-order valence-electron chi connectivity index (χ4n) is 5.05. The molecule has 0 spiro atoms. The molecule has 0 bridgehead atoms. The summed E-state index contributed by atoms with van der Waals surface area (Å²) >= 11 is 6.08. The second-order valence-electron chi connectivity index (χ2n) is 9.05. The van der Waals surface area contributed by atoms with E-state index in [0.717, 1.165) is 18.4 Å². The SMILES string of the molecule is Nc1nc(-c2cn3ccnc3c(CCC(F)(F)F)n2)nc2c1C(c1ccc(Cl)cc1)(C1CC1)C(=O)N2. The van der Waals surface area contributed by atoms with Crippen LogP contribution in [0.3, 0.4) is 0 Å². The monoisotopic (exact) mass is 513 g/mol. The molecule has 6 rings (SSSR count). The van der Waals surface area contributed by atoms with Gasteiger partial charge in [0, 0.05) is 36.5 Å². The smallest absolute Gasteiger partial charge is 0.383 e. The fraction of sp³-hybridized carbons (Fsp3) is 0.292. The third-order valence-corrected chi connectivity index (χ3v) is 6.98. The lowest BCUT2D eigenvalue weighted by Crippen LogP contribution is -2.38. The van der Waals surface area contributed by atoms with Gasteiger partial charge in [-0.15, -0.1) is 0 Å². The number of aryl methyl sites for hydroxylation is 1. The first kappa shape index (κ1) is 22.7. The number of nitrogens with two attached hydrogens (primary N) is 1. The number of imidazole rings is 1. The van der Waals surface area contributed by atoms with Crippen LogP contribution in [0.15, 0.2) is 42.9 Å². The molecule has 0 radical (unpaired) electrons. The van der Waals surface area contributed by atoms with Crippen LogP contribution in [-0.4, -0.2) is 36.4 Å². The van der Waals surface area contributed by atoms with Crippen molar-refractivity contribution in [1.29, 1.82) is 0 Å². The summed E-state index contributed by atoms with van der Waals surface area (Å²) in [5.74, 6) is 0.266. The molecule has 12 heteroatoms. The number of aromatic nitrogens is 5. The van der Waals surface area contributed by atoms with E-state index in [1.165, 1.54) is 6.20 Å². The zero-order valence-electron chi connectivity index (χ0n) is 18.7. The Morgan fingerprint density at radius 1 is 1.17 bits per heavy atom. The minimum Gasteiger partial charge on any atom is -0.383 e. The molecule has 1 aromatic carbocycles. The number of fused-ring (bicyclic) bond motifs is 2. The van der Waals surface area contributed by atoms with Gasteiger partial charge in [0.05, 0.1) is 11.3 Å². The predicted molar refractivity (Wildman–Crippen MR) is 126 cm³/mol. The molecule has 1 aliphatic heterocycles. The normalized spacial score (nSPS) is 19.5. The number of alkyl halides is 3. The number of anilines is 2. The molecule has 1 aliphatic carbocycles. The Kier molecular flexibility index (Phi) is 4.98. The van der Waals surface area contributed by atoms with E-state index in [1.54, 1.807) is 28.9 Å². The third kappa shape index (κ3) is 3.57. The molecule has 36 heavy (non-hydrogen) atoms. The maximum absolute atomic E-state index is 13.5. The van der Waals surface area contributed by atoms with E-state index >= 15 is 0 Å². The summed E-state index contributed by atoms with van der Waals surface area (Å²) in [6.07, 6.45) is 0.617. The van der Waals surface area contributed by atoms with E-state index in [1.807, 2.05) is 12.1 Å². The Hall–Kier alpha value is -3.73. The van der Waals surface area contributed by atoms with Gasteiger partial charge in [0.15, 0.2) is 11.5 Å². The van der Waals surface area contributed by atoms with Gasteiger partial charge in [-0.25, -0.2) is 19.9 Å². The molecule has 1 fully saturated rings. The highest BCUT2D eigenvalue weighted by molar-refractivity contribution is 6.30. The number of amides is 1. The van der Waals surface area contributed by atoms with Gasteiger partial charge in [-0.1, -0.05) is 23.7 Å². The number of rotatable bonds is 5. The lowest BCUT2D eigenvalue weighted by Gasteiger charge is -2.28. The lowest BCUT2D eigenvalue weighted by molar-refractivity contribution is -0.134. The van der Waals surface area contributed by atoms with Crippen molar-refractivity contribution in [1.82, 2.24) is 24.3 Å². The van der Waals surface area contributed by atoms with Crippen LogP contribution in [0.1, 0.15) is 36.1 Å². The number of hydrogen-bond acceptors (Lipinski definition) is 6. The number of carbonyl (C=O) groups is 1. The van der Waals surface area contributed by atoms with Crippen molar-refractivity contribution in [3.8, 4) is 11.5 Å². The minimum atomic E-state index is -4.34. The van der Waals surface area contributed by atoms with E-state index in [9.17, 15) is 18.0 Å². The summed E-state index contributed by atoms with van der Waals surface area (Å²) in [4.78, 5) is 31.0. The average Bonchev–Trinajstić information content (AvgIpc) is 3.47. The van der Waals surface area contributed by atoms with E-state index in [-0.39, 0.29) is 47.1 Å². The number of carbonyl (C=O) groups excluding carboxylic acids is 1. The summed E-state index contributed by atoms with van der Waals surface area (Å²) < 4.78 is 40.2. The number of halogens is 4. The topological polar surface area (TPSA) is 111 Å². The quantitative estimate of drug-likeness (QED) is 0.404. The molecule has 1 atom stereocenters. The standard InChI is InChI=1S/C24H19ClF3N7O/c25-14-5-3-13(4-6-14)24(12-1-2-12)17-18(29)32-19(33-20(17)34-22(24)36)16-11-35-10-9-30-21(35)15(31-16)7-8-23(26,27)28/h3-6,9-12H,1-2,7-8H2,(H3,29,32,33,34,36). The predicted octanol–water partition coefficient (Wildman–Crippen LogP) is 4.57. The maximum atomic E-state index is 13.5. The van der Waals surface area contributed by atoms with Crippen molar-refractivity contribution < 1.29 is 18.0 Å². The zero-order chi connectivity index (χ0) is 25.2. The number of benzene rings is 1. The summed E-state index contributed by atoms with van der Waals surface area (Å²) in [6.45, 7) is 0. The van der Waals surface area contributed by atoms with Gasteiger partial charge in [-0.05, 0) is 36.5 Å². The summed E-state index contributed by atoms with van der Waals surface area (Å²) in [5, 5.41) is 3.41. The van der Waals surface area contributed by atoms with E-state index in [4.69, 9.17) is 17.3 Å². The first-order valence-corrected chi connectivity index (χ1v) is 11.7. The van der Waals surface area contributed by atoms with Crippen molar-refractivity contribution in [3.63, 3.8) is 0 Å². The van der Waals surface area contributed by atoms with Crippen LogP contribution >= 0.6 is 11.6 Å². The second-order valence-corrected chi connectivity index (χ2v) is 9.48. The Morgan fingerprint density at radius 3 is 2.61 bits per heavy atom. The van der Waals surface area contributed by atoms with Gasteiger partial charge in [-0.2, -0.15) is 13.2 Å². The number of nitrogens with zero attached hydrogens (tertiary/aromatic N) is 5. The van der Waals surface area contributed by atoms with Crippen LogP contribution in [0.25, 0.3) is 17.2 Å². The van der Waals surface area contributed by atoms with Crippen molar-refractivity contribution in [2.45, 2.75) is 37.3 Å². The molecular weight excluding hydrogens is 495 g/mol. The van der Waals surface area contributed by atoms with Crippen LogP contribution in [-0.2, 0) is 16.6 Å². The molecular formula is C24H19ClF3N7O. The molecule has 3 aromatic heterocycles. The minimum absolute atomic E-state index is 0.0334. The first-order chi connectivity index (χ1) is 17.2. The maximum Gasteiger partial charge on any atom is 0.389 e. The first-order valence-electron chi connectivity index (χ1n) is 11.3. The molecule has 2 aliphatic rings. The molecule has 3 N–H and O–H groups in total. The zero-order valence-corrected chi connectivity index (χ0v) is 19.4. The third-order valence-electron chi connectivity index (χ3n) is 6.73. The van der Waals surface area contributed by atoms with Gasteiger partial charge in [0.2, 0.25) is 5.91 Å². The van der Waals surface area contributed by atoms with Crippen molar-refractivity contribution >= 4 is 34.8 Å². The number of nitrogen functional groups attached to an aromatic ring is 1. The van der Waals surface area contributed by atoms with Gasteiger partial charge in [-0.3, -0.25) is 4.79 Å². The summed E-state index contributed by atoms with van der Waals surface area (Å²) in [7, 11) is 0. The van der Waals surface area contributed by atoms with Gasteiger partial charge in [0.1, 0.15) is 22.7 Å². The van der Waals surface area contributed by atoms with E-state index in [0.29, 0.717) is 16.2 Å². The Balaban J connectivity index is 1.47.